The molecule has 1 aromatic carbocycles. The van der Waals surface area contributed by atoms with Gasteiger partial charge in [0.15, 0.2) is 0 Å². The summed E-state index contributed by atoms with van der Waals surface area (Å²) in [6.45, 7) is 0.826. The van der Waals surface area contributed by atoms with Crippen molar-refractivity contribution in [3.8, 4) is 0 Å². The quantitative estimate of drug-likeness (QED) is 0.615. The summed E-state index contributed by atoms with van der Waals surface area (Å²) >= 11 is 5.49. The van der Waals surface area contributed by atoms with Crippen LogP contribution in [0.3, 0.4) is 0 Å². The Bertz CT molecular complexity index is 253. The van der Waals surface area contributed by atoms with Crippen molar-refractivity contribution in [2.24, 2.45) is 0 Å². The minimum Gasteiger partial charge on any atom is -0.202 e. The van der Waals surface area contributed by atoms with Crippen LogP contribution in [0.5, 0.6) is 0 Å². The normalized spacial score (nSPS) is 11.6. The smallest absolute Gasteiger partial charge is 0.202 e. The van der Waals surface area contributed by atoms with E-state index < -0.39 is 5.92 Å². The van der Waals surface area contributed by atoms with Crippen LogP contribution in [0.2, 0.25) is 5.02 Å². The van der Waals surface area contributed by atoms with Gasteiger partial charge >= 0.3 is 0 Å². The van der Waals surface area contributed by atoms with Gasteiger partial charge in [-0.2, -0.15) is 0 Å². The van der Waals surface area contributed by atoms with Gasteiger partial charge in [0.1, 0.15) is 0 Å². The fraction of sp³-hybridized carbons (Fsp3) is 0.250. The molecular formula is C8H6ClF2. The molecule has 0 atom stereocenters. The molecule has 59 valence electrons. The Labute approximate surface area is 68.8 Å². The minimum atomic E-state index is -2.83. The average molecular weight is 176 g/mol. The molecular weight excluding hydrogens is 170 g/mol. The zero-order chi connectivity index (χ0) is 8.48. The van der Waals surface area contributed by atoms with Crippen molar-refractivity contribution in [1.82, 2.24) is 0 Å². The molecule has 0 fully saturated rings. The van der Waals surface area contributed by atoms with Crippen molar-refractivity contribution >= 4 is 11.6 Å². The van der Waals surface area contributed by atoms with Crippen LogP contribution in [0.4, 0.5) is 8.78 Å². The molecule has 0 nitrogen and oxygen atoms in total. The fourth-order valence-corrected chi connectivity index (χ4v) is 0.877. The van der Waals surface area contributed by atoms with Crippen LogP contribution < -0.4 is 0 Å². The van der Waals surface area contributed by atoms with E-state index in [1.165, 1.54) is 18.2 Å². The lowest BCUT2D eigenvalue weighted by Gasteiger charge is -2.09. The summed E-state index contributed by atoms with van der Waals surface area (Å²) in [4.78, 5) is 0. The third-order valence-electron chi connectivity index (χ3n) is 1.26. The van der Waals surface area contributed by atoms with Gasteiger partial charge in [0.05, 0.1) is 0 Å². The Morgan fingerprint density at radius 1 is 1.45 bits per heavy atom. The molecule has 0 heterocycles. The highest BCUT2D eigenvalue weighted by Gasteiger charge is 2.23. The summed E-state index contributed by atoms with van der Waals surface area (Å²) in [6, 6.07) is 6.43. The molecule has 0 spiro atoms. The zero-order valence-electron chi connectivity index (χ0n) is 5.87. The molecule has 0 N–H and O–H groups in total. The van der Waals surface area contributed by atoms with E-state index in [0.29, 0.717) is 0 Å². The highest BCUT2D eigenvalue weighted by atomic mass is 35.5. The van der Waals surface area contributed by atoms with Crippen LogP contribution >= 0.6 is 11.6 Å². The molecule has 3 heteroatoms. The fourth-order valence-electron chi connectivity index (χ4n) is 0.696. The molecule has 1 radical (unpaired) electrons. The van der Waals surface area contributed by atoms with Gasteiger partial charge in [0, 0.05) is 17.5 Å². The highest BCUT2D eigenvalue weighted by molar-refractivity contribution is 6.30. The van der Waals surface area contributed by atoms with Crippen molar-refractivity contribution in [1.29, 1.82) is 0 Å². The third kappa shape index (κ3) is 2.15. The predicted octanol–water partition coefficient (Wildman–Crippen LogP) is 3.25. The summed E-state index contributed by atoms with van der Waals surface area (Å²) in [5.41, 5.74) is -0.106. The van der Waals surface area contributed by atoms with E-state index in [1.54, 1.807) is 0 Å². The number of rotatable bonds is 1. The maximum Gasteiger partial charge on any atom is 0.270 e. The second-order valence-corrected chi connectivity index (χ2v) is 2.76. The van der Waals surface area contributed by atoms with Crippen LogP contribution in [-0.4, -0.2) is 0 Å². The lowest BCUT2D eigenvalue weighted by atomic mass is 10.1. The first-order valence-corrected chi connectivity index (χ1v) is 3.43. The van der Waals surface area contributed by atoms with Gasteiger partial charge in [0.25, 0.3) is 5.92 Å². The summed E-state index contributed by atoms with van der Waals surface area (Å²) in [7, 11) is 0. The van der Waals surface area contributed by atoms with Crippen LogP contribution in [0.1, 0.15) is 12.5 Å². The maximum absolute atomic E-state index is 12.6. The molecule has 0 unspecified atom stereocenters. The third-order valence-corrected chi connectivity index (χ3v) is 1.48. The van der Waals surface area contributed by atoms with Crippen LogP contribution in [0.15, 0.2) is 18.2 Å². The Morgan fingerprint density at radius 3 is 2.45 bits per heavy atom. The summed E-state index contributed by atoms with van der Waals surface area (Å²) in [5, 5.41) is 0.282. The van der Waals surface area contributed by atoms with Gasteiger partial charge in [-0.05, 0) is 24.3 Å². The topological polar surface area (TPSA) is 0 Å². The average Bonchev–Trinajstić information content (AvgIpc) is 1.86. The van der Waals surface area contributed by atoms with Gasteiger partial charge in [-0.3, -0.25) is 0 Å². The molecule has 0 aliphatic heterocycles. The van der Waals surface area contributed by atoms with E-state index in [0.717, 1.165) is 6.92 Å². The molecule has 0 aliphatic rings. The van der Waals surface area contributed by atoms with Gasteiger partial charge < -0.3 is 0 Å². The van der Waals surface area contributed by atoms with Gasteiger partial charge in [0.2, 0.25) is 0 Å². The van der Waals surface area contributed by atoms with Crippen LogP contribution in [0, 0.1) is 6.07 Å². The lowest BCUT2D eigenvalue weighted by Crippen LogP contribution is -2.06. The SMILES string of the molecule is CC(F)(F)c1c[c]cc(Cl)c1. The number of alkyl halides is 2. The molecule has 0 bridgehead atoms. The Kier molecular flexibility index (Phi) is 2.14. The minimum absolute atomic E-state index is 0.106. The summed E-state index contributed by atoms with van der Waals surface area (Å²) in [6.07, 6.45) is 0. The number of hydrogen-bond acceptors (Lipinski definition) is 0. The molecule has 11 heavy (non-hydrogen) atoms. The maximum atomic E-state index is 12.6. The second-order valence-electron chi connectivity index (χ2n) is 2.33. The molecule has 1 rings (SSSR count). The second kappa shape index (κ2) is 2.78. The van der Waals surface area contributed by atoms with Crippen LogP contribution in [-0.2, 0) is 5.92 Å². The van der Waals surface area contributed by atoms with Crippen molar-refractivity contribution in [3.63, 3.8) is 0 Å². The van der Waals surface area contributed by atoms with E-state index >= 15 is 0 Å². The van der Waals surface area contributed by atoms with Crippen LogP contribution in [0.25, 0.3) is 0 Å². The van der Waals surface area contributed by atoms with Crippen molar-refractivity contribution in [2.45, 2.75) is 12.8 Å². The van der Waals surface area contributed by atoms with Crippen molar-refractivity contribution in [3.05, 3.63) is 34.9 Å². The van der Waals surface area contributed by atoms with Gasteiger partial charge in [-0.15, -0.1) is 0 Å². The van der Waals surface area contributed by atoms with E-state index in [9.17, 15) is 8.78 Å². The molecule has 0 amide bonds. The van der Waals surface area contributed by atoms with Crippen molar-refractivity contribution < 1.29 is 8.78 Å². The van der Waals surface area contributed by atoms with Crippen molar-refractivity contribution in [2.75, 3.05) is 0 Å². The number of halogens is 3. The Balaban J connectivity index is 3.06. The lowest BCUT2D eigenvalue weighted by molar-refractivity contribution is 0.0174. The molecule has 0 saturated carbocycles. The molecule has 0 aliphatic carbocycles. The van der Waals surface area contributed by atoms with Gasteiger partial charge in [-0.1, -0.05) is 11.6 Å². The number of benzene rings is 1. The largest absolute Gasteiger partial charge is 0.270 e. The first-order chi connectivity index (χ1) is 5.00. The molecule has 0 saturated heterocycles. The first-order valence-electron chi connectivity index (χ1n) is 3.05. The van der Waals surface area contributed by atoms with E-state index in [2.05, 4.69) is 6.07 Å². The Morgan fingerprint density at radius 2 is 2.09 bits per heavy atom. The zero-order valence-corrected chi connectivity index (χ0v) is 6.62. The van der Waals surface area contributed by atoms with E-state index in [4.69, 9.17) is 11.6 Å². The van der Waals surface area contributed by atoms with Gasteiger partial charge in [-0.25, -0.2) is 8.78 Å². The summed E-state index contributed by atoms with van der Waals surface area (Å²) in [5.74, 6) is -2.83. The monoisotopic (exact) mass is 175 g/mol. The van der Waals surface area contributed by atoms with E-state index in [1.807, 2.05) is 0 Å². The highest BCUT2D eigenvalue weighted by Crippen LogP contribution is 2.27. The molecule has 1 aromatic rings. The van der Waals surface area contributed by atoms with E-state index in [-0.39, 0.29) is 10.6 Å². The first kappa shape index (κ1) is 8.47. The predicted molar refractivity (Wildman–Crippen MR) is 39.9 cm³/mol. The summed E-state index contributed by atoms with van der Waals surface area (Å²) < 4.78 is 25.1. The standard InChI is InChI=1S/C8H6ClF2/c1-8(10,11)6-3-2-4-7(9)5-6/h3-5H,1H3. The Hall–Kier alpha value is -0.630. The molecule has 0 aromatic heterocycles. The number of hydrogen-bond donors (Lipinski definition) is 0.